The Balaban J connectivity index is 1.84. The number of hydrogen-bond donors (Lipinski definition) is 1. The fourth-order valence-corrected chi connectivity index (χ4v) is 2.16. The molecule has 0 aliphatic heterocycles. The van der Waals surface area contributed by atoms with Crippen LogP contribution in [-0.4, -0.2) is 11.7 Å². The molecule has 3 nitrogen and oxygen atoms in total. The lowest BCUT2D eigenvalue weighted by molar-refractivity contribution is -0.116. The quantitative estimate of drug-likeness (QED) is 0.813. The Morgan fingerprint density at radius 3 is 2.14 bits per heavy atom. The van der Waals surface area contributed by atoms with E-state index in [0.717, 1.165) is 17.7 Å². The molecule has 3 heteroatoms. The molecule has 0 aliphatic carbocycles. The predicted molar refractivity (Wildman–Crippen MR) is 89.2 cm³/mol. The van der Waals surface area contributed by atoms with Gasteiger partial charge >= 0.3 is 0 Å². The molecule has 0 fully saturated rings. The second kappa shape index (κ2) is 7.55. The van der Waals surface area contributed by atoms with Crippen LogP contribution in [0.5, 0.6) is 0 Å². The summed E-state index contributed by atoms with van der Waals surface area (Å²) in [7, 11) is 0. The van der Waals surface area contributed by atoms with Crippen LogP contribution in [0.25, 0.3) is 0 Å². The van der Waals surface area contributed by atoms with E-state index in [-0.39, 0.29) is 24.5 Å². The molecule has 22 heavy (non-hydrogen) atoms. The Labute approximate surface area is 131 Å². The third-order valence-electron chi connectivity index (χ3n) is 3.60. The van der Waals surface area contributed by atoms with E-state index in [1.165, 1.54) is 5.56 Å². The van der Waals surface area contributed by atoms with Crippen molar-refractivity contribution in [1.29, 1.82) is 0 Å². The smallest absolute Gasteiger partial charge is 0.224 e. The standard InChI is InChI=1S/C19H21NO2/c1-3-15-6-8-16(9-7-15)18(21)12-13-19(22)20-17-10-4-14(2)5-11-17/h4-11H,3,12-13H2,1-2H3,(H,20,22). The first-order valence-corrected chi connectivity index (χ1v) is 7.57. The second-order valence-electron chi connectivity index (χ2n) is 5.39. The molecule has 1 N–H and O–H groups in total. The van der Waals surface area contributed by atoms with Crippen LogP contribution in [0.4, 0.5) is 5.69 Å². The highest BCUT2D eigenvalue weighted by atomic mass is 16.2. The minimum atomic E-state index is -0.137. The molecule has 0 aliphatic rings. The van der Waals surface area contributed by atoms with Gasteiger partial charge < -0.3 is 5.32 Å². The third-order valence-corrected chi connectivity index (χ3v) is 3.60. The molecule has 0 radical (unpaired) electrons. The molecule has 1 amide bonds. The summed E-state index contributed by atoms with van der Waals surface area (Å²) in [5.41, 5.74) is 3.77. The van der Waals surface area contributed by atoms with Crippen LogP contribution < -0.4 is 5.32 Å². The first kappa shape index (κ1) is 16.0. The largest absolute Gasteiger partial charge is 0.326 e. The lowest BCUT2D eigenvalue weighted by Crippen LogP contribution is -2.13. The Morgan fingerprint density at radius 1 is 0.909 bits per heavy atom. The SMILES string of the molecule is CCc1ccc(C(=O)CCC(=O)Nc2ccc(C)cc2)cc1. The summed E-state index contributed by atoms with van der Waals surface area (Å²) >= 11 is 0. The van der Waals surface area contributed by atoms with E-state index < -0.39 is 0 Å². The molecule has 2 aromatic rings. The maximum Gasteiger partial charge on any atom is 0.224 e. The number of anilines is 1. The molecule has 0 saturated carbocycles. The molecule has 2 aromatic carbocycles. The van der Waals surface area contributed by atoms with Crippen LogP contribution in [0.2, 0.25) is 0 Å². The summed E-state index contributed by atoms with van der Waals surface area (Å²) in [5.74, 6) is -0.135. The highest BCUT2D eigenvalue weighted by molar-refractivity contribution is 6.00. The van der Waals surface area contributed by atoms with Gasteiger partial charge in [0.05, 0.1) is 0 Å². The zero-order valence-corrected chi connectivity index (χ0v) is 13.1. The van der Waals surface area contributed by atoms with Gasteiger partial charge in [-0.05, 0) is 31.0 Å². The summed E-state index contributed by atoms with van der Waals surface area (Å²) in [6, 6.07) is 15.2. The van der Waals surface area contributed by atoms with Gasteiger partial charge in [-0.1, -0.05) is 48.9 Å². The first-order chi connectivity index (χ1) is 10.6. The van der Waals surface area contributed by atoms with E-state index in [1.807, 2.05) is 55.5 Å². The van der Waals surface area contributed by atoms with Crippen molar-refractivity contribution in [2.45, 2.75) is 33.1 Å². The van der Waals surface area contributed by atoms with Crippen molar-refractivity contribution < 1.29 is 9.59 Å². The molecular formula is C19H21NO2. The fraction of sp³-hybridized carbons (Fsp3) is 0.263. The van der Waals surface area contributed by atoms with Crippen LogP contribution in [0.3, 0.4) is 0 Å². The van der Waals surface area contributed by atoms with Gasteiger partial charge in [0.2, 0.25) is 5.91 Å². The van der Waals surface area contributed by atoms with Gasteiger partial charge in [-0.2, -0.15) is 0 Å². The molecule has 0 atom stereocenters. The molecule has 0 bridgehead atoms. The van der Waals surface area contributed by atoms with Gasteiger partial charge in [0.1, 0.15) is 0 Å². The van der Waals surface area contributed by atoms with Crippen LogP contribution in [-0.2, 0) is 11.2 Å². The zero-order chi connectivity index (χ0) is 15.9. The minimum absolute atomic E-state index is 0.00158. The molecule has 0 spiro atoms. The fourth-order valence-electron chi connectivity index (χ4n) is 2.16. The monoisotopic (exact) mass is 295 g/mol. The van der Waals surface area contributed by atoms with Gasteiger partial charge in [-0.15, -0.1) is 0 Å². The van der Waals surface area contributed by atoms with E-state index in [1.54, 1.807) is 0 Å². The molecule has 0 aromatic heterocycles. The maximum atomic E-state index is 12.1. The average Bonchev–Trinajstić information content (AvgIpc) is 2.55. The average molecular weight is 295 g/mol. The number of carbonyl (C=O) groups excluding carboxylic acids is 2. The highest BCUT2D eigenvalue weighted by Gasteiger charge is 2.09. The van der Waals surface area contributed by atoms with Gasteiger partial charge in [-0.25, -0.2) is 0 Å². The summed E-state index contributed by atoms with van der Waals surface area (Å²) in [4.78, 5) is 23.9. The van der Waals surface area contributed by atoms with Crippen molar-refractivity contribution >= 4 is 17.4 Å². The van der Waals surface area contributed by atoms with Crippen molar-refractivity contribution in [1.82, 2.24) is 0 Å². The minimum Gasteiger partial charge on any atom is -0.326 e. The molecule has 0 heterocycles. The van der Waals surface area contributed by atoms with Crippen LogP contribution >= 0.6 is 0 Å². The lowest BCUT2D eigenvalue weighted by Gasteiger charge is -2.06. The maximum absolute atomic E-state index is 12.1. The van der Waals surface area contributed by atoms with Crippen LogP contribution in [0.15, 0.2) is 48.5 Å². The third kappa shape index (κ3) is 4.55. The zero-order valence-electron chi connectivity index (χ0n) is 13.1. The summed E-state index contributed by atoms with van der Waals surface area (Å²) in [6.07, 6.45) is 1.37. The van der Waals surface area contributed by atoms with Crippen LogP contribution in [0, 0.1) is 6.92 Å². The lowest BCUT2D eigenvalue weighted by atomic mass is 10.0. The number of carbonyl (C=O) groups is 2. The van der Waals surface area contributed by atoms with Crippen molar-refractivity contribution in [3.63, 3.8) is 0 Å². The number of hydrogen-bond acceptors (Lipinski definition) is 2. The van der Waals surface area contributed by atoms with Crippen molar-refractivity contribution in [3.8, 4) is 0 Å². The Morgan fingerprint density at radius 2 is 1.55 bits per heavy atom. The summed E-state index contributed by atoms with van der Waals surface area (Å²) in [5, 5.41) is 2.80. The Bertz CT molecular complexity index is 642. The molecular weight excluding hydrogens is 274 g/mol. The molecule has 0 unspecified atom stereocenters. The molecule has 114 valence electrons. The Hall–Kier alpha value is -2.42. The number of rotatable bonds is 6. The molecule has 0 saturated heterocycles. The first-order valence-electron chi connectivity index (χ1n) is 7.57. The van der Waals surface area contributed by atoms with Gasteiger partial charge in [0.25, 0.3) is 0 Å². The van der Waals surface area contributed by atoms with Gasteiger partial charge in [0, 0.05) is 24.1 Å². The predicted octanol–water partition coefficient (Wildman–Crippen LogP) is 4.16. The van der Waals surface area contributed by atoms with E-state index in [2.05, 4.69) is 12.2 Å². The van der Waals surface area contributed by atoms with E-state index in [0.29, 0.717) is 5.56 Å². The second-order valence-corrected chi connectivity index (χ2v) is 5.39. The van der Waals surface area contributed by atoms with E-state index in [9.17, 15) is 9.59 Å². The molecule has 2 rings (SSSR count). The number of Topliss-reactive ketones (excluding diaryl/α,β-unsaturated/α-hetero) is 1. The van der Waals surface area contributed by atoms with Crippen molar-refractivity contribution in [2.75, 3.05) is 5.32 Å². The Kier molecular flexibility index (Phi) is 5.48. The number of nitrogens with one attached hydrogen (secondary N) is 1. The topological polar surface area (TPSA) is 46.2 Å². The summed E-state index contributed by atoms with van der Waals surface area (Å²) < 4.78 is 0. The summed E-state index contributed by atoms with van der Waals surface area (Å²) in [6.45, 7) is 4.07. The number of benzene rings is 2. The normalized spacial score (nSPS) is 10.3. The van der Waals surface area contributed by atoms with Crippen LogP contribution in [0.1, 0.15) is 41.3 Å². The highest BCUT2D eigenvalue weighted by Crippen LogP contribution is 2.11. The van der Waals surface area contributed by atoms with Crippen molar-refractivity contribution in [3.05, 3.63) is 65.2 Å². The number of aryl methyl sites for hydroxylation is 2. The number of ketones is 1. The van der Waals surface area contributed by atoms with Gasteiger partial charge in [-0.3, -0.25) is 9.59 Å². The van der Waals surface area contributed by atoms with Crippen molar-refractivity contribution in [2.24, 2.45) is 0 Å². The van der Waals surface area contributed by atoms with E-state index >= 15 is 0 Å². The van der Waals surface area contributed by atoms with E-state index in [4.69, 9.17) is 0 Å². The number of amides is 1. The van der Waals surface area contributed by atoms with Gasteiger partial charge in [0.15, 0.2) is 5.78 Å².